The van der Waals surface area contributed by atoms with Crippen molar-refractivity contribution in [1.82, 2.24) is 9.78 Å². The van der Waals surface area contributed by atoms with Crippen LogP contribution in [-0.2, 0) is 13.0 Å². The SMILES string of the molecule is CCCc1ccc(Cn2ccc(N)n2)cc1. The van der Waals surface area contributed by atoms with E-state index in [2.05, 4.69) is 36.3 Å². The molecule has 1 aromatic heterocycles. The molecule has 1 heterocycles. The molecule has 3 heteroatoms. The van der Waals surface area contributed by atoms with Gasteiger partial charge >= 0.3 is 0 Å². The van der Waals surface area contributed by atoms with Crippen LogP contribution in [0.15, 0.2) is 36.5 Å². The first-order chi connectivity index (χ1) is 7.78. The van der Waals surface area contributed by atoms with Gasteiger partial charge in [0.15, 0.2) is 0 Å². The van der Waals surface area contributed by atoms with Crippen LogP contribution in [0.2, 0.25) is 0 Å². The summed E-state index contributed by atoms with van der Waals surface area (Å²) in [6.07, 6.45) is 4.24. The average Bonchev–Trinajstić information content (AvgIpc) is 2.67. The standard InChI is InChI=1S/C13H17N3/c1-2-3-11-4-6-12(7-5-11)10-16-9-8-13(14)15-16/h4-9H,2-3,10H2,1H3,(H2,14,15). The number of hydrogen-bond acceptors (Lipinski definition) is 2. The van der Waals surface area contributed by atoms with E-state index in [1.54, 1.807) is 0 Å². The number of aryl methyl sites for hydroxylation is 1. The minimum atomic E-state index is 0.572. The van der Waals surface area contributed by atoms with Crippen molar-refractivity contribution in [1.29, 1.82) is 0 Å². The molecular formula is C13H17N3. The monoisotopic (exact) mass is 215 g/mol. The van der Waals surface area contributed by atoms with Crippen LogP contribution in [0.1, 0.15) is 24.5 Å². The normalized spacial score (nSPS) is 10.6. The molecule has 2 rings (SSSR count). The molecule has 0 saturated heterocycles. The van der Waals surface area contributed by atoms with Crippen molar-refractivity contribution in [3.8, 4) is 0 Å². The van der Waals surface area contributed by atoms with Crippen LogP contribution < -0.4 is 5.73 Å². The second kappa shape index (κ2) is 4.84. The lowest BCUT2D eigenvalue weighted by Crippen LogP contribution is -2.01. The van der Waals surface area contributed by atoms with Gasteiger partial charge in [-0.3, -0.25) is 4.68 Å². The van der Waals surface area contributed by atoms with E-state index in [-0.39, 0.29) is 0 Å². The summed E-state index contributed by atoms with van der Waals surface area (Å²) in [4.78, 5) is 0. The molecule has 3 nitrogen and oxygen atoms in total. The van der Waals surface area contributed by atoms with Gasteiger partial charge in [-0.25, -0.2) is 0 Å². The van der Waals surface area contributed by atoms with Crippen molar-refractivity contribution in [2.45, 2.75) is 26.3 Å². The van der Waals surface area contributed by atoms with Crippen molar-refractivity contribution in [3.63, 3.8) is 0 Å². The van der Waals surface area contributed by atoms with Crippen molar-refractivity contribution in [2.75, 3.05) is 5.73 Å². The maximum Gasteiger partial charge on any atom is 0.145 e. The van der Waals surface area contributed by atoms with Crippen LogP contribution in [0.3, 0.4) is 0 Å². The zero-order valence-electron chi connectivity index (χ0n) is 9.56. The van der Waals surface area contributed by atoms with E-state index in [0.717, 1.165) is 13.0 Å². The molecule has 1 aromatic carbocycles. The highest BCUT2D eigenvalue weighted by Crippen LogP contribution is 2.08. The van der Waals surface area contributed by atoms with Crippen LogP contribution in [-0.4, -0.2) is 9.78 Å². The molecule has 16 heavy (non-hydrogen) atoms. The lowest BCUT2D eigenvalue weighted by atomic mass is 10.1. The second-order valence-electron chi connectivity index (χ2n) is 4.00. The molecule has 2 aromatic rings. The quantitative estimate of drug-likeness (QED) is 0.851. The molecule has 84 valence electrons. The first-order valence-electron chi connectivity index (χ1n) is 5.64. The maximum atomic E-state index is 5.56. The lowest BCUT2D eigenvalue weighted by Gasteiger charge is -2.03. The number of nitrogens with zero attached hydrogens (tertiary/aromatic N) is 2. The van der Waals surface area contributed by atoms with E-state index in [1.807, 2.05) is 16.9 Å². The predicted molar refractivity (Wildman–Crippen MR) is 66.2 cm³/mol. The first kappa shape index (κ1) is 10.7. The fourth-order valence-electron chi connectivity index (χ4n) is 1.75. The van der Waals surface area contributed by atoms with Gasteiger partial charge in [0.2, 0.25) is 0 Å². The Bertz CT molecular complexity index is 442. The molecule has 0 aliphatic rings. The zero-order chi connectivity index (χ0) is 11.4. The van der Waals surface area contributed by atoms with E-state index in [0.29, 0.717) is 5.82 Å². The molecular weight excluding hydrogens is 198 g/mol. The van der Waals surface area contributed by atoms with Gasteiger partial charge in [-0.2, -0.15) is 5.10 Å². The minimum Gasteiger partial charge on any atom is -0.382 e. The van der Waals surface area contributed by atoms with E-state index < -0.39 is 0 Å². The van der Waals surface area contributed by atoms with Crippen LogP contribution >= 0.6 is 0 Å². The van der Waals surface area contributed by atoms with E-state index in [9.17, 15) is 0 Å². The van der Waals surface area contributed by atoms with Crippen LogP contribution in [0.25, 0.3) is 0 Å². The molecule has 0 fully saturated rings. The molecule has 0 aliphatic heterocycles. The van der Waals surface area contributed by atoms with Crippen molar-refractivity contribution < 1.29 is 0 Å². The summed E-state index contributed by atoms with van der Waals surface area (Å²) in [7, 11) is 0. The molecule has 0 bridgehead atoms. The fraction of sp³-hybridized carbons (Fsp3) is 0.308. The predicted octanol–water partition coefficient (Wildman–Crippen LogP) is 2.47. The molecule has 0 radical (unpaired) electrons. The van der Waals surface area contributed by atoms with E-state index >= 15 is 0 Å². The topological polar surface area (TPSA) is 43.8 Å². The molecule has 2 N–H and O–H groups in total. The Hall–Kier alpha value is -1.77. The largest absolute Gasteiger partial charge is 0.382 e. The third-order valence-corrected chi connectivity index (χ3v) is 2.57. The summed E-state index contributed by atoms with van der Waals surface area (Å²) >= 11 is 0. The second-order valence-corrected chi connectivity index (χ2v) is 4.00. The van der Waals surface area contributed by atoms with E-state index in [1.165, 1.54) is 17.5 Å². The molecule has 0 saturated carbocycles. The molecule has 0 unspecified atom stereocenters. The van der Waals surface area contributed by atoms with Gasteiger partial charge in [0, 0.05) is 6.20 Å². The average molecular weight is 215 g/mol. The minimum absolute atomic E-state index is 0.572. The number of rotatable bonds is 4. The van der Waals surface area contributed by atoms with Gasteiger partial charge in [0.25, 0.3) is 0 Å². The summed E-state index contributed by atoms with van der Waals surface area (Å²) in [5.41, 5.74) is 8.21. The van der Waals surface area contributed by atoms with Crippen molar-refractivity contribution in [3.05, 3.63) is 47.7 Å². The summed E-state index contributed by atoms with van der Waals surface area (Å²) < 4.78 is 1.85. The van der Waals surface area contributed by atoms with Crippen LogP contribution in [0.5, 0.6) is 0 Å². The Labute approximate surface area is 95.9 Å². The van der Waals surface area contributed by atoms with Crippen molar-refractivity contribution >= 4 is 5.82 Å². The fourth-order valence-corrected chi connectivity index (χ4v) is 1.75. The summed E-state index contributed by atoms with van der Waals surface area (Å²) in [5.74, 6) is 0.572. The van der Waals surface area contributed by atoms with Gasteiger partial charge in [0.1, 0.15) is 5.82 Å². The Morgan fingerprint density at radius 3 is 2.38 bits per heavy atom. The highest BCUT2D eigenvalue weighted by Gasteiger charge is 1.97. The number of nitrogens with two attached hydrogens (primary N) is 1. The molecule has 0 spiro atoms. The lowest BCUT2D eigenvalue weighted by molar-refractivity contribution is 0.690. The van der Waals surface area contributed by atoms with Crippen molar-refractivity contribution in [2.24, 2.45) is 0 Å². The third kappa shape index (κ3) is 2.63. The Morgan fingerprint density at radius 1 is 1.12 bits per heavy atom. The first-order valence-corrected chi connectivity index (χ1v) is 5.64. The number of anilines is 1. The van der Waals surface area contributed by atoms with Gasteiger partial charge in [0.05, 0.1) is 6.54 Å². The number of nitrogen functional groups attached to an aromatic ring is 1. The summed E-state index contributed by atoms with van der Waals surface area (Å²) in [6, 6.07) is 10.5. The van der Waals surface area contributed by atoms with Crippen LogP contribution in [0.4, 0.5) is 5.82 Å². The van der Waals surface area contributed by atoms with Gasteiger partial charge in [-0.05, 0) is 23.6 Å². The van der Waals surface area contributed by atoms with Crippen LogP contribution in [0, 0.1) is 0 Å². The number of hydrogen-bond donors (Lipinski definition) is 1. The molecule has 0 aliphatic carbocycles. The van der Waals surface area contributed by atoms with Gasteiger partial charge in [-0.1, -0.05) is 37.6 Å². The molecule has 0 amide bonds. The van der Waals surface area contributed by atoms with Gasteiger partial charge in [-0.15, -0.1) is 0 Å². The zero-order valence-corrected chi connectivity index (χ0v) is 9.56. The highest BCUT2D eigenvalue weighted by molar-refractivity contribution is 5.26. The third-order valence-electron chi connectivity index (χ3n) is 2.57. The Balaban J connectivity index is 2.05. The summed E-state index contributed by atoms with van der Waals surface area (Å²) in [5, 5.41) is 4.16. The summed E-state index contributed by atoms with van der Waals surface area (Å²) in [6.45, 7) is 2.98. The highest BCUT2D eigenvalue weighted by atomic mass is 15.3. The Morgan fingerprint density at radius 2 is 1.81 bits per heavy atom. The Kier molecular flexibility index (Phi) is 3.25. The smallest absolute Gasteiger partial charge is 0.145 e. The number of benzene rings is 1. The van der Waals surface area contributed by atoms with Gasteiger partial charge < -0.3 is 5.73 Å². The number of aromatic nitrogens is 2. The molecule has 0 atom stereocenters. The van der Waals surface area contributed by atoms with E-state index in [4.69, 9.17) is 5.73 Å². The maximum absolute atomic E-state index is 5.56.